The molecule has 0 radical (unpaired) electrons. The van der Waals surface area contributed by atoms with Crippen LogP contribution in [-0.2, 0) is 4.57 Å². The first kappa shape index (κ1) is 15.3. The number of hydrogen-bond acceptors (Lipinski definition) is 5. The molecule has 21 heavy (non-hydrogen) atoms. The van der Waals surface area contributed by atoms with Crippen molar-refractivity contribution in [3.8, 4) is 0 Å². The van der Waals surface area contributed by atoms with Crippen molar-refractivity contribution in [2.24, 2.45) is 0 Å². The van der Waals surface area contributed by atoms with Crippen molar-refractivity contribution < 1.29 is 4.57 Å². The normalized spacial score (nSPS) is 11.0. The standard InChI is InChI=1S/C15H19N4OP/c1-11(2)17-15-16-10-9-14(19-15)18-12-7-5-6-8-13(12)21(3,4)20/h5-10H,1H2,2-4H3,(H2,16,17,18,19). The Morgan fingerprint density at radius 3 is 2.62 bits per heavy atom. The molecule has 0 bridgehead atoms. The monoisotopic (exact) mass is 302 g/mol. The van der Waals surface area contributed by atoms with Crippen molar-refractivity contribution in [3.05, 3.63) is 48.8 Å². The van der Waals surface area contributed by atoms with Gasteiger partial charge in [0, 0.05) is 17.2 Å². The van der Waals surface area contributed by atoms with Gasteiger partial charge in [0.05, 0.1) is 5.69 Å². The number of rotatable bonds is 5. The van der Waals surface area contributed by atoms with Crippen molar-refractivity contribution in [1.82, 2.24) is 9.97 Å². The number of nitrogens with zero attached hydrogens (tertiary/aromatic N) is 2. The van der Waals surface area contributed by atoms with E-state index in [9.17, 15) is 4.57 Å². The summed E-state index contributed by atoms with van der Waals surface area (Å²) in [5.74, 6) is 1.11. The van der Waals surface area contributed by atoms with Crippen molar-refractivity contribution in [1.29, 1.82) is 0 Å². The second-order valence-corrected chi connectivity index (χ2v) is 8.35. The number of aromatic nitrogens is 2. The number of nitrogens with one attached hydrogen (secondary N) is 2. The topological polar surface area (TPSA) is 66.9 Å². The minimum absolute atomic E-state index is 0.473. The molecule has 6 heteroatoms. The van der Waals surface area contributed by atoms with Crippen LogP contribution in [0.15, 0.2) is 48.8 Å². The van der Waals surface area contributed by atoms with Crippen LogP contribution in [0.25, 0.3) is 0 Å². The van der Waals surface area contributed by atoms with Gasteiger partial charge in [-0.1, -0.05) is 18.7 Å². The van der Waals surface area contributed by atoms with Crippen LogP contribution in [0.3, 0.4) is 0 Å². The van der Waals surface area contributed by atoms with E-state index in [1.807, 2.05) is 31.2 Å². The van der Waals surface area contributed by atoms with Gasteiger partial charge in [-0.3, -0.25) is 0 Å². The SMILES string of the molecule is C=C(C)Nc1nccc(Nc2ccccc2P(C)(C)=O)n1. The van der Waals surface area contributed by atoms with Crippen LogP contribution >= 0.6 is 7.14 Å². The number of allylic oxidation sites excluding steroid dienone is 1. The molecule has 0 aliphatic heterocycles. The molecule has 0 atom stereocenters. The smallest absolute Gasteiger partial charge is 0.228 e. The molecular weight excluding hydrogens is 283 g/mol. The highest BCUT2D eigenvalue weighted by Crippen LogP contribution is 2.38. The summed E-state index contributed by atoms with van der Waals surface area (Å²) >= 11 is 0. The van der Waals surface area contributed by atoms with E-state index in [1.165, 1.54) is 0 Å². The predicted octanol–water partition coefficient (Wildman–Crippen LogP) is 3.41. The lowest BCUT2D eigenvalue weighted by Crippen LogP contribution is -2.10. The molecule has 0 unspecified atom stereocenters. The van der Waals surface area contributed by atoms with Gasteiger partial charge >= 0.3 is 0 Å². The lowest BCUT2D eigenvalue weighted by atomic mass is 10.3. The molecule has 0 amide bonds. The molecule has 0 fully saturated rings. The van der Waals surface area contributed by atoms with E-state index in [2.05, 4.69) is 27.2 Å². The molecule has 0 saturated heterocycles. The average molecular weight is 302 g/mol. The fourth-order valence-electron chi connectivity index (χ4n) is 1.87. The third kappa shape index (κ3) is 4.17. The molecule has 2 aromatic rings. The molecule has 1 heterocycles. The van der Waals surface area contributed by atoms with Crippen LogP contribution in [0, 0.1) is 0 Å². The van der Waals surface area contributed by atoms with E-state index in [-0.39, 0.29) is 0 Å². The average Bonchev–Trinajstić information content (AvgIpc) is 2.37. The number of hydrogen-bond donors (Lipinski definition) is 2. The Bertz CT molecular complexity index is 708. The van der Waals surface area contributed by atoms with Gasteiger partial charge in [0.2, 0.25) is 5.95 Å². The highest BCUT2D eigenvalue weighted by Gasteiger charge is 2.15. The first-order valence-corrected chi connectivity index (χ1v) is 9.13. The molecule has 0 saturated carbocycles. The van der Waals surface area contributed by atoms with Crippen LogP contribution in [0.4, 0.5) is 17.5 Å². The van der Waals surface area contributed by atoms with E-state index in [4.69, 9.17) is 0 Å². The Morgan fingerprint density at radius 2 is 1.95 bits per heavy atom. The largest absolute Gasteiger partial charge is 0.339 e. The quantitative estimate of drug-likeness (QED) is 0.828. The van der Waals surface area contributed by atoms with Gasteiger partial charge in [0.1, 0.15) is 13.0 Å². The van der Waals surface area contributed by atoms with Crippen molar-refractivity contribution in [2.45, 2.75) is 6.92 Å². The van der Waals surface area contributed by atoms with Gasteiger partial charge in [-0.2, -0.15) is 4.98 Å². The van der Waals surface area contributed by atoms with E-state index < -0.39 is 7.14 Å². The summed E-state index contributed by atoms with van der Waals surface area (Å²) in [4.78, 5) is 8.46. The molecule has 0 aliphatic carbocycles. The van der Waals surface area contributed by atoms with Gasteiger partial charge < -0.3 is 15.2 Å². The van der Waals surface area contributed by atoms with E-state index in [1.54, 1.807) is 25.6 Å². The zero-order chi connectivity index (χ0) is 15.5. The van der Waals surface area contributed by atoms with Crippen LogP contribution in [-0.4, -0.2) is 23.3 Å². The maximum Gasteiger partial charge on any atom is 0.228 e. The summed E-state index contributed by atoms with van der Waals surface area (Å²) in [6, 6.07) is 9.31. The summed E-state index contributed by atoms with van der Waals surface area (Å²) in [6.45, 7) is 9.10. The van der Waals surface area contributed by atoms with Crippen molar-refractivity contribution in [2.75, 3.05) is 24.0 Å². The molecule has 2 N–H and O–H groups in total. The molecule has 0 aliphatic rings. The Labute approximate surface area is 124 Å². The number of benzene rings is 1. The Balaban J connectivity index is 2.31. The van der Waals surface area contributed by atoms with Crippen molar-refractivity contribution in [3.63, 3.8) is 0 Å². The summed E-state index contributed by atoms with van der Waals surface area (Å²) in [6.07, 6.45) is 1.65. The van der Waals surface area contributed by atoms with Crippen LogP contribution in [0.1, 0.15) is 6.92 Å². The van der Waals surface area contributed by atoms with E-state index in [0.717, 1.165) is 16.7 Å². The first-order chi connectivity index (χ1) is 9.86. The number of anilines is 3. The van der Waals surface area contributed by atoms with Gasteiger partial charge in [0.15, 0.2) is 0 Å². The molecule has 0 spiro atoms. The maximum atomic E-state index is 12.3. The minimum atomic E-state index is -2.36. The third-order valence-corrected chi connectivity index (χ3v) is 4.28. The van der Waals surface area contributed by atoms with Crippen LogP contribution in [0.5, 0.6) is 0 Å². The lowest BCUT2D eigenvalue weighted by molar-refractivity contribution is 0.588. The summed E-state index contributed by atoms with van der Waals surface area (Å²) in [5.41, 5.74) is 1.56. The minimum Gasteiger partial charge on any atom is -0.339 e. The summed E-state index contributed by atoms with van der Waals surface area (Å²) < 4.78 is 12.3. The summed E-state index contributed by atoms with van der Waals surface area (Å²) in [5, 5.41) is 6.97. The Kier molecular flexibility index (Phi) is 4.43. The molecule has 1 aromatic heterocycles. The van der Waals surface area contributed by atoms with Gasteiger partial charge in [0.25, 0.3) is 0 Å². The number of para-hydroxylation sites is 1. The van der Waals surface area contributed by atoms with E-state index in [0.29, 0.717) is 11.8 Å². The molecular formula is C15H19N4OP. The molecule has 5 nitrogen and oxygen atoms in total. The highest BCUT2D eigenvalue weighted by molar-refractivity contribution is 7.70. The van der Waals surface area contributed by atoms with Gasteiger partial charge in [-0.25, -0.2) is 4.98 Å². The van der Waals surface area contributed by atoms with Gasteiger partial charge in [-0.15, -0.1) is 0 Å². The van der Waals surface area contributed by atoms with Crippen LogP contribution in [0.2, 0.25) is 0 Å². The highest BCUT2D eigenvalue weighted by atomic mass is 31.2. The third-order valence-electron chi connectivity index (χ3n) is 2.73. The van der Waals surface area contributed by atoms with Crippen molar-refractivity contribution >= 4 is 29.9 Å². The van der Waals surface area contributed by atoms with Crippen LogP contribution < -0.4 is 15.9 Å². The van der Waals surface area contributed by atoms with E-state index >= 15 is 0 Å². The van der Waals surface area contributed by atoms with Gasteiger partial charge in [-0.05, 0) is 38.5 Å². The Morgan fingerprint density at radius 1 is 1.24 bits per heavy atom. The second-order valence-electron chi connectivity index (χ2n) is 5.16. The zero-order valence-electron chi connectivity index (χ0n) is 12.4. The lowest BCUT2D eigenvalue weighted by Gasteiger charge is -2.15. The second kappa shape index (κ2) is 6.10. The fourth-order valence-corrected chi connectivity index (χ4v) is 3.02. The first-order valence-electron chi connectivity index (χ1n) is 6.53. The Hall–Kier alpha value is -2.13. The molecule has 1 aromatic carbocycles. The maximum absolute atomic E-state index is 12.3. The predicted molar refractivity (Wildman–Crippen MR) is 89.3 cm³/mol. The molecule has 110 valence electrons. The summed E-state index contributed by atoms with van der Waals surface area (Å²) in [7, 11) is -2.36. The fraction of sp³-hybridized carbons (Fsp3) is 0.200. The zero-order valence-corrected chi connectivity index (χ0v) is 13.3. The molecule has 2 rings (SSSR count).